The summed E-state index contributed by atoms with van der Waals surface area (Å²) in [6.07, 6.45) is 35.5. The number of hydrogen-bond acceptors (Lipinski definition) is 15. The Morgan fingerprint density at radius 1 is 0.364 bits per heavy atom. The Hall–Kier alpha value is -1.50. The smallest absolute Gasteiger partial charge is 0.306 e. The van der Waals surface area contributed by atoms with Crippen molar-refractivity contribution in [3.63, 3.8) is 0 Å². The molecule has 2 heterocycles. The molecule has 0 aromatic carbocycles. The second-order valence-electron chi connectivity index (χ2n) is 23.0. The molecule has 2 fully saturated rings. The molecule has 0 amide bonds. The minimum absolute atomic E-state index is 0.174. The summed E-state index contributed by atoms with van der Waals surface area (Å²) in [7, 11) is 0. The van der Waals surface area contributed by atoms with E-state index in [4.69, 9.17) is 28.4 Å². The average molecular weight is 1100 g/mol. The van der Waals surface area contributed by atoms with Crippen LogP contribution in [-0.2, 0) is 38.0 Å². The second-order valence-corrected chi connectivity index (χ2v) is 23.0. The zero-order chi connectivity index (χ0) is 56.0. The van der Waals surface area contributed by atoms with Crippen LogP contribution in [0.25, 0.3) is 0 Å². The molecule has 0 aliphatic carbocycles. The van der Waals surface area contributed by atoms with Gasteiger partial charge in [0.05, 0.1) is 19.8 Å². The summed E-state index contributed by atoms with van der Waals surface area (Å²) in [5.74, 6) is -0.899. The van der Waals surface area contributed by atoms with Crippen molar-refractivity contribution in [3.05, 3.63) is 0 Å². The zero-order valence-electron chi connectivity index (χ0n) is 49.0. The lowest BCUT2D eigenvalue weighted by atomic mass is 9.98. The maximum Gasteiger partial charge on any atom is 0.306 e. The minimum atomic E-state index is -1.76. The Labute approximate surface area is 468 Å². The van der Waals surface area contributed by atoms with Gasteiger partial charge in [0.1, 0.15) is 55.4 Å². The van der Waals surface area contributed by atoms with E-state index in [0.29, 0.717) is 12.8 Å². The van der Waals surface area contributed by atoms with E-state index in [0.717, 1.165) is 38.5 Å². The van der Waals surface area contributed by atoms with E-state index in [1.54, 1.807) is 0 Å². The molecule has 15 nitrogen and oxygen atoms in total. The quantitative estimate of drug-likeness (QED) is 0.0222. The topological polar surface area (TPSA) is 231 Å². The van der Waals surface area contributed by atoms with Crippen LogP contribution in [0, 0.1) is 0 Å². The summed E-state index contributed by atoms with van der Waals surface area (Å²) in [5.41, 5.74) is 0. The van der Waals surface area contributed by atoms with Crippen molar-refractivity contribution in [1.29, 1.82) is 0 Å². The number of hydrogen-bond donors (Lipinski definition) is 7. The number of carbonyl (C=O) groups excluding carboxylic acids is 2. The van der Waals surface area contributed by atoms with Crippen molar-refractivity contribution >= 4 is 11.9 Å². The Morgan fingerprint density at radius 3 is 1.01 bits per heavy atom. The van der Waals surface area contributed by atoms with Gasteiger partial charge in [0, 0.05) is 12.8 Å². The molecule has 2 aliphatic heterocycles. The first kappa shape index (κ1) is 71.6. The van der Waals surface area contributed by atoms with Crippen molar-refractivity contribution in [2.24, 2.45) is 0 Å². The number of ether oxygens (including phenoxy) is 6. The Kier molecular flexibility index (Phi) is 45.7. The third-order valence-electron chi connectivity index (χ3n) is 15.8. The molecule has 0 radical (unpaired) electrons. The van der Waals surface area contributed by atoms with Crippen LogP contribution < -0.4 is 0 Å². The molecule has 2 saturated heterocycles. The summed E-state index contributed by atoms with van der Waals surface area (Å²) in [6.45, 7) is 2.68. The first-order valence-electron chi connectivity index (χ1n) is 32.1. The lowest BCUT2D eigenvalue weighted by molar-refractivity contribution is -0.332. The van der Waals surface area contributed by atoms with Gasteiger partial charge >= 0.3 is 11.9 Å². The van der Waals surface area contributed by atoms with E-state index in [2.05, 4.69) is 13.8 Å². The largest absolute Gasteiger partial charge is 0.462 e. The number of carbonyl (C=O) groups is 2. The van der Waals surface area contributed by atoms with Crippen LogP contribution in [0.5, 0.6) is 0 Å². The highest BCUT2D eigenvalue weighted by Crippen LogP contribution is 2.27. The molecule has 0 spiro atoms. The van der Waals surface area contributed by atoms with Crippen LogP contribution in [0.2, 0.25) is 0 Å². The molecule has 11 unspecified atom stereocenters. The van der Waals surface area contributed by atoms with Crippen molar-refractivity contribution in [2.75, 3.05) is 26.4 Å². The predicted molar refractivity (Wildman–Crippen MR) is 303 cm³/mol. The van der Waals surface area contributed by atoms with Crippen LogP contribution in [-0.4, -0.2) is 142 Å². The fraction of sp³-hybridized carbons (Fsp3) is 0.968. The zero-order valence-corrected chi connectivity index (χ0v) is 49.0. The molecular weight excluding hydrogens is 985 g/mol. The maximum atomic E-state index is 13.1. The SMILES string of the molecule is CCCCCCCCCCCCCCCCCCCCCCCC(=O)OC(COC(=O)CCCCCCCCCCCCCCCCCCCCCC)COC1OC(COC2OC(CO)C(O)C(O)C2O)C(O)C(O)C1O. The van der Waals surface area contributed by atoms with Gasteiger partial charge < -0.3 is 64.2 Å². The van der Waals surface area contributed by atoms with Gasteiger partial charge in [0.2, 0.25) is 0 Å². The van der Waals surface area contributed by atoms with Gasteiger partial charge in [-0.3, -0.25) is 9.59 Å². The Morgan fingerprint density at radius 2 is 0.662 bits per heavy atom. The number of unbranched alkanes of at least 4 members (excludes halogenated alkanes) is 39. The highest BCUT2D eigenvalue weighted by Gasteiger charge is 2.47. The summed E-state index contributed by atoms with van der Waals surface area (Å²) in [5, 5.41) is 72.4. The standard InChI is InChI=1S/C62H118O15/c1-3-5-7-9-11-13-15-17-19-21-23-25-27-29-31-33-35-37-39-41-43-45-54(65)75-50(47-72-53(64)44-42-40-38-36-34-32-30-28-26-24-22-20-18-16-14-12-10-8-6-4-2)48-73-61-60(71)58(69)56(67)52(77-61)49-74-62-59(70)57(68)55(66)51(46-63)76-62/h50-52,55-63,66-71H,3-49H2,1-2H3. The molecule has 7 N–H and O–H groups in total. The maximum absolute atomic E-state index is 13.1. The van der Waals surface area contributed by atoms with Gasteiger partial charge in [-0.2, -0.15) is 0 Å². The third-order valence-corrected chi connectivity index (χ3v) is 15.8. The lowest BCUT2D eigenvalue weighted by Gasteiger charge is -2.42. The molecule has 0 aromatic rings. The van der Waals surface area contributed by atoms with Crippen molar-refractivity contribution in [1.82, 2.24) is 0 Å². The molecule has 0 saturated carbocycles. The van der Waals surface area contributed by atoms with Crippen molar-refractivity contribution in [3.8, 4) is 0 Å². The van der Waals surface area contributed by atoms with Crippen LogP contribution in [0.1, 0.15) is 290 Å². The van der Waals surface area contributed by atoms with Crippen LogP contribution in [0.4, 0.5) is 0 Å². The van der Waals surface area contributed by atoms with Gasteiger partial charge in [0.15, 0.2) is 18.7 Å². The molecule has 11 atom stereocenters. The first-order chi connectivity index (χ1) is 37.5. The second kappa shape index (κ2) is 49.1. The molecular formula is C62H118O15. The number of esters is 2. The van der Waals surface area contributed by atoms with E-state index in [1.807, 2.05) is 0 Å². The normalized spacial score (nSPS) is 24.1. The van der Waals surface area contributed by atoms with Gasteiger partial charge in [-0.05, 0) is 12.8 Å². The first-order valence-corrected chi connectivity index (χ1v) is 32.1. The molecule has 456 valence electrons. The molecule has 2 aliphatic rings. The van der Waals surface area contributed by atoms with Gasteiger partial charge in [-0.1, -0.05) is 264 Å². The van der Waals surface area contributed by atoms with Crippen molar-refractivity contribution in [2.45, 2.75) is 357 Å². The monoisotopic (exact) mass is 1100 g/mol. The van der Waals surface area contributed by atoms with E-state index in [1.165, 1.54) is 212 Å². The van der Waals surface area contributed by atoms with Gasteiger partial charge in [-0.15, -0.1) is 0 Å². The predicted octanol–water partition coefficient (Wildman–Crippen LogP) is 11.9. The number of aliphatic hydroxyl groups is 7. The Bertz CT molecular complexity index is 1340. The molecule has 0 bridgehead atoms. The lowest BCUT2D eigenvalue weighted by Crippen LogP contribution is -2.61. The van der Waals surface area contributed by atoms with Gasteiger partial charge in [0.25, 0.3) is 0 Å². The number of aliphatic hydroxyl groups excluding tert-OH is 7. The minimum Gasteiger partial charge on any atom is -0.462 e. The Balaban J connectivity index is 1.70. The van der Waals surface area contributed by atoms with Crippen LogP contribution >= 0.6 is 0 Å². The molecule has 15 heteroatoms. The summed E-state index contributed by atoms with van der Waals surface area (Å²) in [4.78, 5) is 26.0. The summed E-state index contributed by atoms with van der Waals surface area (Å²) < 4.78 is 33.8. The highest BCUT2D eigenvalue weighted by atomic mass is 16.7. The van der Waals surface area contributed by atoms with Crippen molar-refractivity contribution < 1.29 is 73.8 Å². The summed E-state index contributed by atoms with van der Waals surface area (Å²) in [6, 6.07) is 0. The van der Waals surface area contributed by atoms with Crippen LogP contribution in [0.15, 0.2) is 0 Å². The summed E-state index contributed by atoms with van der Waals surface area (Å²) >= 11 is 0. The van der Waals surface area contributed by atoms with E-state index < -0.39 is 92.7 Å². The van der Waals surface area contributed by atoms with E-state index in [9.17, 15) is 45.3 Å². The highest BCUT2D eigenvalue weighted by molar-refractivity contribution is 5.70. The molecule has 2 rings (SSSR count). The average Bonchev–Trinajstić information content (AvgIpc) is 3.43. The van der Waals surface area contributed by atoms with Crippen LogP contribution in [0.3, 0.4) is 0 Å². The third kappa shape index (κ3) is 35.9. The molecule has 0 aromatic heterocycles. The van der Waals surface area contributed by atoms with E-state index in [-0.39, 0.29) is 26.1 Å². The fourth-order valence-corrected chi connectivity index (χ4v) is 10.6. The fourth-order valence-electron chi connectivity index (χ4n) is 10.6. The van der Waals surface area contributed by atoms with Gasteiger partial charge in [-0.25, -0.2) is 0 Å². The van der Waals surface area contributed by atoms with E-state index >= 15 is 0 Å². The molecule has 77 heavy (non-hydrogen) atoms. The number of rotatable bonds is 53.